The first-order chi connectivity index (χ1) is 6.58. The van der Waals surface area contributed by atoms with E-state index >= 15 is 0 Å². The fourth-order valence-electron chi connectivity index (χ4n) is 2.27. The summed E-state index contributed by atoms with van der Waals surface area (Å²) < 4.78 is 5.61. The molecular weight excluding hydrogens is 174 g/mol. The molecule has 2 nitrogen and oxygen atoms in total. The molecule has 1 aromatic rings. The molecule has 1 aromatic heterocycles. The van der Waals surface area contributed by atoms with Crippen LogP contribution in [-0.4, -0.2) is 12.1 Å². The number of hydrogen-bond donors (Lipinski definition) is 1. The maximum absolute atomic E-state index is 5.61. The van der Waals surface area contributed by atoms with Crippen LogP contribution in [-0.2, 0) is 6.42 Å². The van der Waals surface area contributed by atoms with Crippen molar-refractivity contribution in [3.63, 3.8) is 0 Å². The van der Waals surface area contributed by atoms with E-state index in [0.29, 0.717) is 5.92 Å². The third kappa shape index (κ3) is 1.85. The van der Waals surface area contributed by atoms with Crippen molar-refractivity contribution in [2.75, 3.05) is 6.54 Å². The summed E-state index contributed by atoms with van der Waals surface area (Å²) >= 11 is 0. The average Bonchev–Trinajstić information content (AvgIpc) is 2.61. The molecule has 1 N–H and O–H groups in total. The van der Waals surface area contributed by atoms with Crippen molar-refractivity contribution in [2.45, 2.75) is 39.2 Å². The van der Waals surface area contributed by atoms with Gasteiger partial charge >= 0.3 is 0 Å². The van der Waals surface area contributed by atoms with Gasteiger partial charge in [-0.3, -0.25) is 0 Å². The summed E-state index contributed by atoms with van der Waals surface area (Å²) in [5.41, 5.74) is 0.265. The highest BCUT2D eigenvalue weighted by atomic mass is 16.3. The van der Waals surface area contributed by atoms with Gasteiger partial charge in [0, 0.05) is 12.0 Å². The maximum Gasteiger partial charge on any atom is 0.104 e. The topological polar surface area (TPSA) is 25.2 Å². The third-order valence-corrected chi connectivity index (χ3v) is 3.34. The Morgan fingerprint density at radius 2 is 2.29 bits per heavy atom. The van der Waals surface area contributed by atoms with Gasteiger partial charge in [-0.05, 0) is 51.8 Å². The molecule has 1 fully saturated rings. The van der Waals surface area contributed by atoms with Crippen LogP contribution < -0.4 is 5.32 Å². The summed E-state index contributed by atoms with van der Waals surface area (Å²) in [5.74, 6) is 2.85. The number of nitrogens with one attached hydrogen (secondary N) is 1. The van der Waals surface area contributed by atoms with Gasteiger partial charge in [0.05, 0.1) is 0 Å². The van der Waals surface area contributed by atoms with E-state index in [-0.39, 0.29) is 5.54 Å². The van der Waals surface area contributed by atoms with Gasteiger partial charge in [0.15, 0.2) is 0 Å². The third-order valence-electron chi connectivity index (χ3n) is 3.34. The molecule has 2 heteroatoms. The van der Waals surface area contributed by atoms with E-state index in [4.69, 9.17) is 4.42 Å². The Hall–Kier alpha value is -0.760. The zero-order chi connectivity index (χ0) is 10.2. The van der Waals surface area contributed by atoms with Crippen LogP contribution in [0.3, 0.4) is 0 Å². The summed E-state index contributed by atoms with van der Waals surface area (Å²) in [6.07, 6.45) is 2.32. The predicted octanol–water partition coefficient (Wildman–Crippen LogP) is 2.52. The largest absolute Gasteiger partial charge is 0.466 e. The summed E-state index contributed by atoms with van der Waals surface area (Å²) in [5, 5.41) is 3.53. The number of aryl methyl sites for hydroxylation is 1. The number of furan rings is 1. The van der Waals surface area contributed by atoms with Gasteiger partial charge in [0.1, 0.15) is 11.5 Å². The molecular formula is C12H19NO. The van der Waals surface area contributed by atoms with Gasteiger partial charge in [0.2, 0.25) is 0 Å². The van der Waals surface area contributed by atoms with Crippen LogP contribution in [0.25, 0.3) is 0 Å². The van der Waals surface area contributed by atoms with Crippen LogP contribution in [0.1, 0.15) is 31.8 Å². The maximum atomic E-state index is 5.61. The van der Waals surface area contributed by atoms with Crippen molar-refractivity contribution in [3.05, 3.63) is 23.7 Å². The van der Waals surface area contributed by atoms with Gasteiger partial charge < -0.3 is 9.73 Å². The van der Waals surface area contributed by atoms with Crippen molar-refractivity contribution < 1.29 is 4.42 Å². The van der Waals surface area contributed by atoms with E-state index < -0.39 is 0 Å². The molecule has 0 bridgehead atoms. The van der Waals surface area contributed by atoms with E-state index in [1.54, 1.807) is 0 Å². The molecule has 2 rings (SSSR count). The SMILES string of the molecule is Cc1ccc(CC2CCNC2(C)C)o1. The molecule has 1 unspecified atom stereocenters. The Balaban J connectivity index is 2.04. The van der Waals surface area contributed by atoms with E-state index in [1.807, 2.05) is 13.0 Å². The monoisotopic (exact) mass is 193 g/mol. The Kier molecular flexibility index (Phi) is 2.40. The first-order valence-electron chi connectivity index (χ1n) is 5.38. The lowest BCUT2D eigenvalue weighted by molar-refractivity contribution is 0.312. The van der Waals surface area contributed by atoms with Gasteiger partial charge in [0.25, 0.3) is 0 Å². The Morgan fingerprint density at radius 3 is 2.79 bits per heavy atom. The quantitative estimate of drug-likeness (QED) is 0.780. The van der Waals surface area contributed by atoms with Gasteiger partial charge in [-0.15, -0.1) is 0 Å². The van der Waals surface area contributed by atoms with Crippen LogP contribution in [0, 0.1) is 12.8 Å². The smallest absolute Gasteiger partial charge is 0.104 e. The lowest BCUT2D eigenvalue weighted by Gasteiger charge is -2.26. The van der Waals surface area contributed by atoms with Gasteiger partial charge in [-0.2, -0.15) is 0 Å². The Bertz CT molecular complexity index is 314. The van der Waals surface area contributed by atoms with Gasteiger partial charge in [-0.25, -0.2) is 0 Å². The highest BCUT2D eigenvalue weighted by Crippen LogP contribution is 2.29. The minimum Gasteiger partial charge on any atom is -0.466 e. The van der Waals surface area contributed by atoms with Crippen LogP contribution in [0.15, 0.2) is 16.5 Å². The molecule has 0 amide bonds. The molecule has 0 saturated carbocycles. The summed E-state index contributed by atoms with van der Waals surface area (Å²) in [6.45, 7) is 7.69. The van der Waals surface area contributed by atoms with E-state index in [1.165, 1.54) is 6.42 Å². The van der Waals surface area contributed by atoms with Crippen LogP contribution in [0.4, 0.5) is 0 Å². The normalized spacial score (nSPS) is 25.5. The van der Waals surface area contributed by atoms with E-state index in [9.17, 15) is 0 Å². The number of rotatable bonds is 2. The van der Waals surface area contributed by atoms with E-state index in [2.05, 4.69) is 25.2 Å². The van der Waals surface area contributed by atoms with Crippen molar-refractivity contribution >= 4 is 0 Å². The molecule has 14 heavy (non-hydrogen) atoms. The zero-order valence-corrected chi connectivity index (χ0v) is 9.26. The molecule has 1 saturated heterocycles. The van der Waals surface area contributed by atoms with Gasteiger partial charge in [-0.1, -0.05) is 0 Å². The molecule has 0 aromatic carbocycles. The second-order valence-corrected chi connectivity index (χ2v) is 4.85. The fraction of sp³-hybridized carbons (Fsp3) is 0.667. The average molecular weight is 193 g/mol. The Morgan fingerprint density at radius 1 is 1.50 bits per heavy atom. The molecule has 1 aliphatic rings. The fourth-order valence-corrected chi connectivity index (χ4v) is 2.27. The first-order valence-corrected chi connectivity index (χ1v) is 5.38. The predicted molar refractivity (Wildman–Crippen MR) is 57.3 cm³/mol. The second-order valence-electron chi connectivity index (χ2n) is 4.85. The molecule has 1 aliphatic heterocycles. The highest BCUT2D eigenvalue weighted by molar-refractivity contribution is 5.08. The molecule has 78 valence electrons. The molecule has 1 atom stereocenters. The molecule has 2 heterocycles. The van der Waals surface area contributed by atoms with Crippen molar-refractivity contribution in [1.82, 2.24) is 5.32 Å². The molecule has 0 radical (unpaired) electrons. The second kappa shape index (κ2) is 3.43. The highest BCUT2D eigenvalue weighted by Gasteiger charge is 2.34. The zero-order valence-electron chi connectivity index (χ0n) is 9.26. The molecule has 0 aliphatic carbocycles. The van der Waals surface area contributed by atoms with Crippen molar-refractivity contribution in [3.8, 4) is 0 Å². The first kappa shape index (κ1) is 9.78. The van der Waals surface area contributed by atoms with Crippen LogP contribution >= 0.6 is 0 Å². The lowest BCUT2D eigenvalue weighted by Crippen LogP contribution is -2.38. The number of hydrogen-bond acceptors (Lipinski definition) is 2. The van der Waals surface area contributed by atoms with E-state index in [0.717, 1.165) is 24.5 Å². The van der Waals surface area contributed by atoms with Crippen molar-refractivity contribution in [2.24, 2.45) is 5.92 Å². The van der Waals surface area contributed by atoms with Crippen LogP contribution in [0.5, 0.6) is 0 Å². The summed E-state index contributed by atoms with van der Waals surface area (Å²) in [6, 6.07) is 4.15. The van der Waals surface area contributed by atoms with Crippen LogP contribution in [0.2, 0.25) is 0 Å². The summed E-state index contributed by atoms with van der Waals surface area (Å²) in [4.78, 5) is 0. The standard InChI is InChI=1S/C12H19NO/c1-9-4-5-11(14-9)8-10-6-7-13-12(10,2)3/h4-5,10,13H,6-8H2,1-3H3. The Labute approximate surface area is 85.7 Å². The molecule has 0 spiro atoms. The van der Waals surface area contributed by atoms with Crippen molar-refractivity contribution in [1.29, 1.82) is 0 Å². The minimum absolute atomic E-state index is 0.265. The summed E-state index contributed by atoms with van der Waals surface area (Å²) in [7, 11) is 0. The lowest BCUT2D eigenvalue weighted by atomic mass is 9.86. The minimum atomic E-state index is 0.265.